The highest BCUT2D eigenvalue weighted by Gasteiger charge is 2.32. The number of nitrogens with zero attached hydrogens (tertiary/aromatic N) is 4. The van der Waals surface area contributed by atoms with Gasteiger partial charge in [-0.1, -0.05) is 6.92 Å². The van der Waals surface area contributed by atoms with Gasteiger partial charge in [0.25, 0.3) is 0 Å². The summed E-state index contributed by atoms with van der Waals surface area (Å²) in [6.07, 6.45) is 8.29. The van der Waals surface area contributed by atoms with Crippen molar-refractivity contribution < 1.29 is 0 Å². The van der Waals surface area contributed by atoms with E-state index in [4.69, 9.17) is 9.97 Å². The van der Waals surface area contributed by atoms with Crippen LogP contribution in [0.15, 0.2) is 24.5 Å². The lowest BCUT2D eigenvalue weighted by Crippen LogP contribution is -2.31. The standard InChI is InChI=1S/C18H22N4/c1-12-8-11-22(13(12)2)18-15-4-3-5-16(15)20-17(21-18)14-6-9-19-10-7-14/h6-7,9-10,12-13H,3-5,8,11H2,1-2H3. The molecule has 3 heterocycles. The van der Waals surface area contributed by atoms with Crippen LogP contribution in [-0.4, -0.2) is 27.5 Å². The number of hydrogen-bond donors (Lipinski definition) is 0. The molecule has 4 heteroatoms. The number of hydrogen-bond acceptors (Lipinski definition) is 4. The van der Waals surface area contributed by atoms with Gasteiger partial charge in [-0.3, -0.25) is 4.98 Å². The molecule has 4 rings (SSSR count). The molecule has 0 radical (unpaired) electrons. The van der Waals surface area contributed by atoms with Crippen molar-refractivity contribution in [2.24, 2.45) is 5.92 Å². The third-order valence-corrected chi connectivity index (χ3v) is 5.26. The molecule has 2 aromatic heterocycles. The van der Waals surface area contributed by atoms with Crippen LogP contribution in [0.4, 0.5) is 5.82 Å². The van der Waals surface area contributed by atoms with Gasteiger partial charge in [-0.25, -0.2) is 9.97 Å². The first-order valence-corrected chi connectivity index (χ1v) is 8.31. The first-order chi connectivity index (χ1) is 10.7. The van der Waals surface area contributed by atoms with Gasteiger partial charge in [0.05, 0.1) is 0 Å². The smallest absolute Gasteiger partial charge is 0.161 e. The maximum atomic E-state index is 4.97. The summed E-state index contributed by atoms with van der Waals surface area (Å²) >= 11 is 0. The van der Waals surface area contributed by atoms with Crippen molar-refractivity contribution in [3.8, 4) is 11.4 Å². The van der Waals surface area contributed by atoms with Gasteiger partial charge in [0, 0.05) is 41.8 Å². The summed E-state index contributed by atoms with van der Waals surface area (Å²) in [7, 11) is 0. The van der Waals surface area contributed by atoms with Crippen molar-refractivity contribution in [2.75, 3.05) is 11.4 Å². The fourth-order valence-corrected chi connectivity index (χ4v) is 3.67. The predicted octanol–water partition coefficient (Wildman–Crippen LogP) is 3.26. The highest BCUT2D eigenvalue weighted by Crippen LogP contribution is 2.36. The highest BCUT2D eigenvalue weighted by molar-refractivity contribution is 5.61. The minimum absolute atomic E-state index is 0.560. The van der Waals surface area contributed by atoms with E-state index >= 15 is 0 Å². The van der Waals surface area contributed by atoms with Crippen molar-refractivity contribution in [1.29, 1.82) is 0 Å². The molecule has 0 N–H and O–H groups in total. The van der Waals surface area contributed by atoms with E-state index in [0.717, 1.165) is 36.7 Å². The van der Waals surface area contributed by atoms with Crippen LogP contribution in [0.1, 0.15) is 37.9 Å². The quantitative estimate of drug-likeness (QED) is 0.852. The molecule has 0 bridgehead atoms. The number of aromatic nitrogens is 3. The van der Waals surface area contributed by atoms with Crippen LogP contribution in [0.2, 0.25) is 0 Å². The molecule has 0 saturated carbocycles. The number of rotatable bonds is 2. The Kier molecular flexibility index (Phi) is 3.32. The maximum Gasteiger partial charge on any atom is 0.161 e. The Morgan fingerprint density at radius 3 is 2.64 bits per heavy atom. The van der Waals surface area contributed by atoms with Crippen LogP contribution >= 0.6 is 0 Å². The van der Waals surface area contributed by atoms with E-state index in [1.54, 1.807) is 0 Å². The van der Waals surface area contributed by atoms with E-state index in [9.17, 15) is 0 Å². The van der Waals surface area contributed by atoms with Crippen molar-refractivity contribution in [3.05, 3.63) is 35.8 Å². The lowest BCUT2D eigenvalue weighted by atomic mass is 10.1. The van der Waals surface area contributed by atoms with Crippen LogP contribution in [0, 0.1) is 5.92 Å². The average Bonchev–Trinajstić information content (AvgIpc) is 3.15. The Bertz CT molecular complexity index is 683. The van der Waals surface area contributed by atoms with E-state index in [2.05, 4.69) is 23.7 Å². The van der Waals surface area contributed by atoms with E-state index in [0.29, 0.717) is 6.04 Å². The molecule has 2 atom stereocenters. The Balaban J connectivity index is 1.82. The fraction of sp³-hybridized carbons (Fsp3) is 0.500. The normalized spacial score (nSPS) is 23.8. The molecule has 1 aliphatic heterocycles. The molecule has 114 valence electrons. The Morgan fingerprint density at radius 1 is 1.09 bits per heavy atom. The first kappa shape index (κ1) is 13.7. The van der Waals surface area contributed by atoms with Gasteiger partial charge in [-0.05, 0) is 50.7 Å². The van der Waals surface area contributed by atoms with Gasteiger partial charge in [0.1, 0.15) is 5.82 Å². The van der Waals surface area contributed by atoms with Gasteiger partial charge in [-0.2, -0.15) is 0 Å². The summed E-state index contributed by atoms with van der Waals surface area (Å²) in [6.45, 7) is 5.78. The van der Waals surface area contributed by atoms with E-state index in [1.165, 1.54) is 29.9 Å². The summed E-state index contributed by atoms with van der Waals surface area (Å²) in [5, 5.41) is 0. The number of fused-ring (bicyclic) bond motifs is 1. The zero-order valence-corrected chi connectivity index (χ0v) is 13.3. The predicted molar refractivity (Wildman–Crippen MR) is 87.9 cm³/mol. The SMILES string of the molecule is CC1CCN(c2nc(-c3ccncc3)nc3c2CCC3)C1C. The number of pyridine rings is 1. The van der Waals surface area contributed by atoms with Crippen molar-refractivity contribution in [3.63, 3.8) is 0 Å². The van der Waals surface area contributed by atoms with Crippen LogP contribution in [0.3, 0.4) is 0 Å². The van der Waals surface area contributed by atoms with Gasteiger partial charge >= 0.3 is 0 Å². The zero-order chi connectivity index (χ0) is 15.1. The molecular weight excluding hydrogens is 272 g/mol. The second-order valence-corrected chi connectivity index (χ2v) is 6.59. The summed E-state index contributed by atoms with van der Waals surface area (Å²) in [5.41, 5.74) is 3.70. The van der Waals surface area contributed by atoms with Crippen molar-refractivity contribution in [1.82, 2.24) is 15.0 Å². The number of aryl methyl sites for hydroxylation is 1. The molecule has 0 amide bonds. The largest absolute Gasteiger partial charge is 0.353 e. The molecule has 2 unspecified atom stereocenters. The van der Waals surface area contributed by atoms with Crippen LogP contribution in [0.5, 0.6) is 0 Å². The third-order valence-electron chi connectivity index (χ3n) is 5.26. The molecule has 1 saturated heterocycles. The summed E-state index contributed by atoms with van der Waals surface area (Å²) < 4.78 is 0. The van der Waals surface area contributed by atoms with Gasteiger partial charge in [0.2, 0.25) is 0 Å². The van der Waals surface area contributed by atoms with E-state index < -0.39 is 0 Å². The fourth-order valence-electron chi connectivity index (χ4n) is 3.67. The number of anilines is 1. The zero-order valence-electron chi connectivity index (χ0n) is 13.3. The minimum atomic E-state index is 0.560. The van der Waals surface area contributed by atoms with Gasteiger partial charge in [0.15, 0.2) is 5.82 Å². The molecule has 2 aromatic rings. The van der Waals surface area contributed by atoms with Crippen molar-refractivity contribution in [2.45, 2.75) is 45.6 Å². The van der Waals surface area contributed by atoms with Crippen LogP contribution in [-0.2, 0) is 12.8 Å². The molecule has 0 aromatic carbocycles. The first-order valence-electron chi connectivity index (χ1n) is 8.31. The third kappa shape index (κ3) is 2.18. The van der Waals surface area contributed by atoms with Crippen LogP contribution in [0.25, 0.3) is 11.4 Å². The second-order valence-electron chi connectivity index (χ2n) is 6.59. The topological polar surface area (TPSA) is 41.9 Å². The molecule has 4 nitrogen and oxygen atoms in total. The molecule has 22 heavy (non-hydrogen) atoms. The Morgan fingerprint density at radius 2 is 1.91 bits per heavy atom. The van der Waals surface area contributed by atoms with Gasteiger partial charge in [-0.15, -0.1) is 0 Å². The highest BCUT2D eigenvalue weighted by atomic mass is 15.2. The summed E-state index contributed by atoms with van der Waals surface area (Å²) in [6, 6.07) is 4.55. The maximum absolute atomic E-state index is 4.97. The molecule has 0 spiro atoms. The Hall–Kier alpha value is -1.97. The van der Waals surface area contributed by atoms with Crippen LogP contribution < -0.4 is 4.90 Å². The molecular formula is C18H22N4. The second kappa shape index (κ2) is 5.34. The molecule has 1 fully saturated rings. The van der Waals surface area contributed by atoms with Crippen molar-refractivity contribution >= 4 is 5.82 Å². The summed E-state index contributed by atoms with van der Waals surface area (Å²) in [5.74, 6) is 2.77. The molecule has 2 aliphatic rings. The average molecular weight is 294 g/mol. The lowest BCUT2D eigenvalue weighted by Gasteiger charge is -2.27. The van der Waals surface area contributed by atoms with E-state index in [1.807, 2.05) is 24.5 Å². The summed E-state index contributed by atoms with van der Waals surface area (Å²) in [4.78, 5) is 16.4. The van der Waals surface area contributed by atoms with Gasteiger partial charge < -0.3 is 4.90 Å². The molecule has 1 aliphatic carbocycles. The minimum Gasteiger partial charge on any atom is -0.353 e. The monoisotopic (exact) mass is 294 g/mol. The van der Waals surface area contributed by atoms with E-state index in [-0.39, 0.29) is 0 Å². The lowest BCUT2D eigenvalue weighted by molar-refractivity contribution is 0.544. The Labute approximate surface area is 131 Å².